The number of likely N-dealkylation sites (tertiary alicyclic amines) is 1. The predicted molar refractivity (Wildman–Crippen MR) is 72.2 cm³/mol. The standard InChI is InChI=1S/C15H22N2/c1-2-9-17(8-1)12-14-4-3-5-15(10-14)16-11-13-6-7-13/h3-5,10,13,16H,1-2,6-9,11-12H2. The fourth-order valence-electron chi connectivity index (χ4n) is 2.56. The number of hydrogen-bond acceptors (Lipinski definition) is 2. The fourth-order valence-corrected chi connectivity index (χ4v) is 2.56. The SMILES string of the molecule is c1cc(CN2CCCC2)cc(NCC2CC2)c1. The predicted octanol–water partition coefficient (Wildman–Crippen LogP) is 3.10. The molecule has 1 aliphatic heterocycles. The van der Waals surface area contributed by atoms with Crippen LogP contribution in [0.2, 0.25) is 0 Å². The van der Waals surface area contributed by atoms with Gasteiger partial charge in [-0.3, -0.25) is 4.90 Å². The van der Waals surface area contributed by atoms with Crippen molar-refractivity contribution < 1.29 is 0 Å². The molecule has 0 radical (unpaired) electrons. The Morgan fingerprint density at radius 2 is 2.00 bits per heavy atom. The van der Waals surface area contributed by atoms with Gasteiger partial charge in [0, 0.05) is 18.8 Å². The molecule has 0 bridgehead atoms. The first-order valence-corrected chi connectivity index (χ1v) is 6.95. The molecular formula is C15H22N2. The Morgan fingerprint density at radius 1 is 1.18 bits per heavy atom. The molecule has 1 heterocycles. The van der Waals surface area contributed by atoms with Crippen LogP contribution in [-0.4, -0.2) is 24.5 Å². The van der Waals surface area contributed by atoms with Crippen LogP contribution in [0.15, 0.2) is 24.3 Å². The summed E-state index contributed by atoms with van der Waals surface area (Å²) in [4.78, 5) is 2.56. The van der Waals surface area contributed by atoms with Crippen molar-refractivity contribution in [2.45, 2.75) is 32.2 Å². The molecule has 0 aromatic heterocycles. The lowest BCUT2D eigenvalue weighted by atomic mass is 10.2. The van der Waals surface area contributed by atoms with Crippen molar-refractivity contribution in [3.8, 4) is 0 Å². The Balaban J connectivity index is 1.56. The summed E-state index contributed by atoms with van der Waals surface area (Å²) in [5.74, 6) is 0.942. The normalized spacial score (nSPS) is 20.7. The van der Waals surface area contributed by atoms with E-state index in [4.69, 9.17) is 0 Å². The van der Waals surface area contributed by atoms with Crippen molar-refractivity contribution in [1.29, 1.82) is 0 Å². The molecule has 1 aromatic carbocycles. The first kappa shape index (κ1) is 11.1. The summed E-state index contributed by atoms with van der Waals surface area (Å²) < 4.78 is 0. The largest absolute Gasteiger partial charge is 0.385 e. The summed E-state index contributed by atoms with van der Waals surface area (Å²) >= 11 is 0. The molecule has 3 rings (SSSR count). The van der Waals surface area contributed by atoms with Crippen LogP contribution in [0.1, 0.15) is 31.2 Å². The van der Waals surface area contributed by atoms with Gasteiger partial charge in [-0.2, -0.15) is 0 Å². The zero-order valence-electron chi connectivity index (χ0n) is 10.5. The molecule has 1 saturated heterocycles. The molecule has 2 fully saturated rings. The minimum Gasteiger partial charge on any atom is -0.385 e. The van der Waals surface area contributed by atoms with Crippen LogP contribution in [0.3, 0.4) is 0 Å². The molecule has 2 aliphatic rings. The lowest BCUT2D eigenvalue weighted by molar-refractivity contribution is 0.331. The van der Waals surface area contributed by atoms with Gasteiger partial charge in [0.25, 0.3) is 0 Å². The molecule has 17 heavy (non-hydrogen) atoms. The van der Waals surface area contributed by atoms with Crippen LogP contribution >= 0.6 is 0 Å². The molecule has 0 amide bonds. The van der Waals surface area contributed by atoms with Gasteiger partial charge >= 0.3 is 0 Å². The topological polar surface area (TPSA) is 15.3 Å². The van der Waals surface area contributed by atoms with E-state index in [1.807, 2.05) is 0 Å². The van der Waals surface area contributed by atoms with Gasteiger partial charge < -0.3 is 5.32 Å². The van der Waals surface area contributed by atoms with Crippen molar-refractivity contribution in [1.82, 2.24) is 4.90 Å². The van der Waals surface area contributed by atoms with E-state index in [1.54, 1.807) is 0 Å². The highest BCUT2D eigenvalue weighted by molar-refractivity contribution is 5.45. The van der Waals surface area contributed by atoms with Crippen LogP contribution in [0, 0.1) is 5.92 Å². The molecule has 0 unspecified atom stereocenters. The molecule has 2 heteroatoms. The van der Waals surface area contributed by atoms with Gasteiger partial charge in [-0.25, -0.2) is 0 Å². The Kier molecular flexibility index (Phi) is 3.32. The molecule has 0 atom stereocenters. The molecule has 1 saturated carbocycles. The van der Waals surface area contributed by atoms with E-state index in [0.717, 1.165) is 19.0 Å². The third kappa shape index (κ3) is 3.22. The summed E-state index contributed by atoms with van der Waals surface area (Å²) in [5.41, 5.74) is 2.75. The average molecular weight is 230 g/mol. The first-order valence-electron chi connectivity index (χ1n) is 6.95. The number of anilines is 1. The van der Waals surface area contributed by atoms with Gasteiger partial charge in [-0.05, 0) is 62.4 Å². The second kappa shape index (κ2) is 5.09. The second-order valence-electron chi connectivity index (χ2n) is 5.51. The third-order valence-electron chi connectivity index (χ3n) is 3.82. The van der Waals surface area contributed by atoms with Crippen molar-refractivity contribution in [2.75, 3.05) is 25.0 Å². The van der Waals surface area contributed by atoms with Gasteiger partial charge in [0.15, 0.2) is 0 Å². The summed E-state index contributed by atoms with van der Waals surface area (Å²) in [6.07, 6.45) is 5.58. The number of nitrogens with zero attached hydrogens (tertiary/aromatic N) is 1. The van der Waals surface area contributed by atoms with Gasteiger partial charge in [-0.15, -0.1) is 0 Å². The zero-order valence-corrected chi connectivity index (χ0v) is 10.5. The Labute approximate surface area is 104 Å². The number of benzene rings is 1. The van der Waals surface area contributed by atoms with E-state index in [0.29, 0.717) is 0 Å². The molecule has 0 spiro atoms. The molecule has 2 nitrogen and oxygen atoms in total. The van der Waals surface area contributed by atoms with Crippen molar-refractivity contribution in [3.63, 3.8) is 0 Å². The van der Waals surface area contributed by atoms with E-state index in [-0.39, 0.29) is 0 Å². The Hall–Kier alpha value is -1.02. The molecule has 1 N–H and O–H groups in total. The van der Waals surface area contributed by atoms with E-state index in [1.165, 1.54) is 50.0 Å². The highest BCUT2D eigenvalue weighted by Gasteiger charge is 2.20. The molecular weight excluding hydrogens is 208 g/mol. The van der Waals surface area contributed by atoms with Crippen LogP contribution in [0.4, 0.5) is 5.69 Å². The number of rotatable bonds is 5. The maximum absolute atomic E-state index is 3.55. The number of hydrogen-bond donors (Lipinski definition) is 1. The van der Waals surface area contributed by atoms with Crippen LogP contribution in [0.25, 0.3) is 0 Å². The smallest absolute Gasteiger partial charge is 0.0343 e. The van der Waals surface area contributed by atoms with Crippen LogP contribution < -0.4 is 5.32 Å². The molecule has 92 valence electrons. The van der Waals surface area contributed by atoms with E-state index in [9.17, 15) is 0 Å². The van der Waals surface area contributed by atoms with Gasteiger partial charge in [0.2, 0.25) is 0 Å². The number of nitrogens with one attached hydrogen (secondary N) is 1. The highest BCUT2D eigenvalue weighted by Crippen LogP contribution is 2.29. The third-order valence-corrected chi connectivity index (χ3v) is 3.82. The quantitative estimate of drug-likeness (QED) is 0.836. The highest BCUT2D eigenvalue weighted by atomic mass is 15.1. The van der Waals surface area contributed by atoms with Gasteiger partial charge in [-0.1, -0.05) is 12.1 Å². The Bertz CT molecular complexity index is 365. The summed E-state index contributed by atoms with van der Waals surface area (Å²) in [6.45, 7) is 4.84. The molecule has 1 aromatic rings. The van der Waals surface area contributed by atoms with Crippen molar-refractivity contribution in [3.05, 3.63) is 29.8 Å². The maximum Gasteiger partial charge on any atom is 0.0343 e. The van der Waals surface area contributed by atoms with E-state index >= 15 is 0 Å². The van der Waals surface area contributed by atoms with Crippen LogP contribution in [-0.2, 0) is 6.54 Å². The van der Waals surface area contributed by atoms with E-state index in [2.05, 4.69) is 34.5 Å². The second-order valence-corrected chi connectivity index (χ2v) is 5.51. The lowest BCUT2D eigenvalue weighted by Crippen LogP contribution is -2.18. The zero-order chi connectivity index (χ0) is 11.5. The minimum atomic E-state index is 0.942. The van der Waals surface area contributed by atoms with Crippen molar-refractivity contribution in [2.24, 2.45) is 5.92 Å². The van der Waals surface area contributed by atoms with E-state index < -0.39 is 0 Å². The summed E-state index contributed by atoms with van der Waals surface area (Å²) in [7, 11) is 0. The molecule has 1 aliphatic carbocycles. The van der Waals surface area contributed by atoms with Crippen molar-refractivity contribution >= 4 is 5.69 Å². The average Bonchev–Trinajstić information content (AvgIpc) is 3.05. The fraction of sp³-hybridized carbons (Fsp3) is 0.600. The summed E-state index contributed by atoms with van der Waals surface area (Å²) in [6, 6.07) is 8.94. The van der Waals surface area contributed by atoms with Crippen LogP contribution in [0.5, 0.6) is 0 Å². The monoisotopic (exact) mass is 230 g/mol. The van der Waals surface area contributed by atoms with Gasteiger partial charge in [0.1, 0.15) is 0 Å². The Morgan fingerprint density at radius 3 is 2.76 bits per heavy atom. The van der Waals surface area contributed by atoms with Gasteiger partial charge in [0.05, 0.1) is 0 Å². The summed E-state index contributed by atoms with van der Waals surface area (Å²) in [5, 5.41) is 3.55. The maximum atomic E-state index is 3.55. The lowest BCUT2D eigenvalue weighted by Gasteiger charge is -2.15. The first-order chi connectivity index (χ1) is 8.40. The minimum absolute atomic E-state index is 0.942.